The van der Waals surface area contributed by atoms with Gasteiger partial charge in [0.15, 0.2) is 0 Å². The second kappa shape index (κ2) is 3.55. The van der Waals surface area contributed by atoms with Gasteiger partial charge < -0.3 is 5.11 Å². The first-order chi connectivity index (χ1) is 3.80. The SMILES string of the molecule is Cc1ccccc1O.[Al]. The smallest absolute Gasteiger partial charge is 0.118 e. The summed E-state index contributed by atoms with van der Waals surface area (Å²) in [6.07, 6.45) is 0. The molecule has 1 aromatic carbocycles. The lowest BCUT2D eigenvalue weighted by molar-refractivity contribution is 0.471. The van der Waals surface area contributed by atoms with Crippen molar-refractivity contribution in [2.24, 2.45) is 0 Å². The molecule has 1 N–H and O–H groups in total. The Morgan fingerprint density at radius 2 is 1.78 bits per heavy atom. The Morgan fingerprint density at radius 3 is 2.11 bits per heavy atom. The molecule has 1 aromatic rings. The highest BCUT2D eigenvalue weighted by molar-refractivity contribution is 5.75. The molecule has 0 saturated heterocycles. The van der Waals surface area contributed by atoms with Gasteiger partial charge in [0.05, 0.1) is 0 Å². The molecule has 0 aliphatic rings. The van der Waals surface area contributed by atoms with Crippen LogP contribution in [0.15, 0.2) is 24.3 Å². The van der Waals surface area contributed by atoms with Crippen LogP contribution in [-0.2, 0) is 0 Å². The number of rotatable bonds is 0. The first-order valence-electron chi connectivity index (χ1n) is 2.55. The van der Waals surface area contributed by atoms with E-state index in [2.05, 4.69) is 0 Å². The third kappa shape index (κ3) is 2.09. The summed E-state index contributed by atoms with van der Waals surface area (Å²) in [5.41, 5.74) is 0.924. The number of hydrogen-bond donors (Lipinski definition) is 1. The van der Waals surface area contributed by atoms with E-state index in [1.807, 2.05) is 25.1 Å². The summed E-state index contributed by atoms with van der Waals surface area (Å²) in [7, 11) is 0. The van der Waals surface area contributed by atoms with Crippen LogP contribution in [0, 0.1) is 6.92 Å². The minimum Gasteiger partial charge on any atom is -0.508 e. The van der Waals surface area contributed by atoms with Crippen LogP contribution in [0.2, 0.25) is 0 Å². The van der Waals surface area contributed by atoms with Gasteiger partial charge in [-0.2, -0.15) is 0 Å². The molecular formula is C7H8AlO. The number of benzene rings is 1. The van der Waals surface area contributed by atoms with Crippen molar-refractivity contribution in [3.8, 4) is 5.75 Å². The zero-order valence-electron chi connectivity index (χ0n) is 5.33. The third-order valence-corrected chi connectivity index (χ3v) is 1.12. The summed E-state index contributed by atoms with van der Waals surface area (Å²) in [5.74, 6) is 0.368. The Hall–Kier alpha value is -0.448. The molecule has 3 radical (unpaired) electrons. The van der Waals surface area contributed by atoms with E-state index in [1.54, 1.807) is 6.07 Å². The average Bonchev–Trinajstić information content (AvgIpc) is 1.77. The van der Waals surface area contributed by atoms with Gasteiger partial charge >= 0.3 is 0 Å². The summed E-state index contributed by atoms with van der Waals surface area (Å²) in [5, 5.41) is 8.92. The Bertz CT molecular complexity index is 165. The Kier molecular flexibility index (Phi) is 3.38. The molecule has 0 bridgehead atoms. The molecule has 0 heterocycles. The van der Waals surface area contributed by atoms with Crippen molar-refractivity contribution < 1.29 is 5.11 Å². The Labute approximate surface area is 65.5 Å². The second-order valence-corrected chi connectivity index (χ2v) is 1.79. The standard InChI is InChI=1S/C7H8O.Al/c1-6-4-2-3-5-7(6)8;/h2-5,8H,1H3;. The van der Waals surface area contributed by atoms with Crippen LogP contribution in [0.25, 0.3) is 0 Å². The molecule has 0 aromatic heterocycles. The monoisotopic (exact) mass is 135 g/mol. The van der Waals surface area contributed by atoms with Crippen LogP contribution in [0.5, 0.6) is 5.75 Å². The second-order valence-electron chi connectivity index (χ2n) is 1.79. The normalized spacial score (nSPS) is 8.11. The van der Waals surface area contributed by atoms with Crippen molar-refractivity contribution in [3.63, 3.8) is 0 Å². The lowest BCUT2D eigenvalue weighted by atomic mass is 10.2. The van der Waals surface area contributed by atoms with Gasteiger partial charge in [0.1, 0.15) is 5.75 Å². The van der Waals surface area contributed by atoms with Gasteiger partial charge in [-0.1, -0.05) is 18.2 Å². The maximum atomic E-state index is 8.92. The molecule has 0 amide bonds. The van der Waals surface area contributed by atoms with Gasteiger partial charge in [0.2, 0.25) is 0 Å². The van der Waals surface area contributed by atoms with Crippen molar-refractivity contribution in [2.75, 3.05) is 0 Å². The van der Waals surface area contributed by atoms with Gasteiger partial charge in [-0.05, 0) is 18.6 Å². The molecule has 0 fully saturated rings. The molecule has 2 heteroatoms. The zero-order chi connectivity index (χ0) is 5.98. The number of phenolic OH excluding ortho intramolecular Hbond substituents is 1. The van der Waals surface area contributed by atoms with Crippen LogP contribution < -0.4 is 0 Å². The summed E-state index contributed by atoms with van der Waals surface area (Å²) < 4.78 is 0. The topological polar surface area (TPSA) is 20.2 Å². The maximum absolute atomic E-state index is 8.92. The van der Waals surface area contributed by atoms with Crippen LogP contribution in [-0.4, -0.2) is 22.5 Å². The Balaban J connectivity index is 0.000000640. The van der Waals surface area contributed by atoms with Crippen molar-refractivity contribution in [3.05, 3.63) is 29.8 Å². The molecule has 0 aliphatic heterocycles. The predicted molar refractivity (Wildman–Crippen MR) is 38.6 cm³/mol. The average molecular weight is 135 g/mol. The lowest BCUT2D eigenvalue weighted by Gasteiger charge is -1.92. The molecule has 0 saturated carbocycles. The maximum Gasteiger partial charge on any atom is 0.118 e. The largest absolute Gasteiger partial charge is 0.508 e. The summed E-state index contributed by atoms with van der Waals surface area (Å²) in [6, 6.07) is 7.25. The quantitative estimate of drug-likeness (QED) is 0.532. The van der Waals surface area contributed by atoms with Crippen LogP contribution in [0.4, 0.5) is 0 Å². The fourth-order valence-corrected chi connectivity index (χ4v) is 0.563. The molecule has 9 heavy (non-hydrogen) atoms. The molecule has 1 nitrogen and oxygen atoms in total. The van der Waals surface area contributed by atoms with Gasteiger partial charge in [0, 0.05) is 17.4 Å². The molecular weight excluding hydrogens is 127 g/mol. The minimum absolute atomic E-state index is 0. The predicted octanol–water partition coefficient (Wildman–Crippen LogP) is 1.32. The molecule has 45 valence electrons. The van der Waals surface area contributed by atoms with Crippen molar-refractivity contribution in [2.45, 2.75) is 6.92 Å². The van der Waals surface area contributed by atoms with Gasteiger partial charge in [-0.25, -0.2) is 0 Å². The van der Waals surface area contributed by atoms with Crippen molar-refractivity contribution in [1.82, 2.24) is 0 Å². The van der Waals surface area contributed by atoms with Crippen LogP contribution >= 0.6 is 0 Å². The summed E-state index contributed by atoms with van der Waals surface area (Å²) in [4.78, 5) is 0. The van der Waals surface area contributed by atoms with Crippen molar-refractivity contribution >= 4 is 17.4 Å². The minimum atomic E-state index is 0. The number of hydrogen-bond acceptors (Lipinski definition) is 1. The number of aryl methyl sites for hydroxylation is 1. The van der Waals surface area contributed by atoms with E-state index < -0.39 is 0 Å². The van der Waals surface area contributed by atoms with Crippen molar-refractivity contribution in [1.29, 1.82) is 0 Å². The van der Waals surface area contributed by atoms with Gasteiger partial charge in [-0.15, -0.1) is 0 Å². The fraction of sp³-hybridized carbons (Fsp3) is 0.143. The highest BCUT2D eigenvalue weighted by Gasteiger charge is 1.86. The van der Waals surface area contributed by atoms with Crippen LogP contribution in [0.3, 0.4) is 0 Å². The van der Waals surface area contributed by atoms with Gasteiger partial charge in [-0.3, -0.25) is 0 Å². The zero-order valence-corrected chi connectivity index (χ0v) is 6.49. The molecule has 0 atom stereocenters. The first-order valence-corrected chi connectivity index (χ1v) is 2.55. The van der Waals surface area contributed by atoms with E-state index in [0.717, 1.165) is 5.56 Å². The van der Waals surface area contributed by atoms with Crippen LogP contribution in [0.1, 0.15) is 5.56 Å². The number of aromatic hydroxyl groups is 1. The van der Waals surface area contributed by atoms with Gasteiger partial charge in [0.25, 0.3) is 0 Å². The van der Waals surface area contributed by atoms with E-state index in [0.29, 0.717) is 5.75 Å². The summed E-state index contributed by atoms with van der Waals surface area (Å²) in [6.45, 7) is 1.87. The molecule has 0 spiro atoms. The number of para-hydroxylation sites is 1. The fourth-order valence-electron chi connectivity index (χ4n) is 0.563. The highest BCUT2D eigenvalue weighted by atomic mass is 27.0. The van der Waals surface area contributed by atoms with E-state index in [9.17, 15) is 0 Å². The molecule has 1 rings (SSSR count). The third-order valence-electron chi connectivity index (χ3n) is 1.12. The highest BCUT2D eigenvalue weighted by Crippen LogP contribution is 2.12. The summed E-state index contributed by atoms with van der Waals surface area (Å²) >= 11 is 0. The lowest BCUT2D eigenvalue weighted by Crippen LogP contribution is -1.68. The van der Waals surface area contributed by atoms with E-state index in [-0.39, 0.29) is 17.4 Å². The van der Waals surface area contributed by atoms with E-state index >= 15 is 0 Å². The number of phenols is 1. The first kappa shape index (κ1) is 8.55. The molecule has 0 aliphatic carbocycles. The van der Waals surface area contributed by atoms with E-state index in [1.165, 1.54) is 0 Å². The van der Waals surface area contributed by atoms with E-state index in [4.69, 9.17) is 5.11 Å². The Morgan fingerprint density at radius 1 is 1.22 bits per heavy atom. The molecule has 0 unspecified atom stereocenters.